The smallest absolute Gasteiger partial charge is 0.263 e. The number of aromatic nitrogens is 1. The molecule has 3 rings (SSSR count). The van der Waals surface area contributed by atoms with Crippen molar-refractivity contribution >= 4 is 33.0 Å². The van der Waals surface area contributed by atoms with Crippen molar-refractivity contribution in [1.82, 2.24) is 10.5 Å². The predicted molar refractivity (Wildman–Crippen MR) is 78.6 cm³/mol. The van der Waals surface area contributed by atoms with E-state index in [9.17, 15) is 9.18 Å². The molecule has 0 aliphatic carbocycles. The van der Waals surface area contributed by atoms with Gasteiger partial charge in [0, 0.05) is 10.8 Å². The number of thiophene rings is 1. The number of carbonyl (C=O) groups is 1. The Morgan fingerprint density at radius 1 is 1.52 bits per heavy atom. The summed E-state index contributed by atoms with van der Waals surface area (Å²) in [5.74, 6) is -0.236. The van der Waals surface area contributed by atoms with Crippen LogP contribution in [0.5, 0.6) is 0 Å². The number of rotatable bonds is 3. The summed E-state index contributed by atoms with van der Waals surface area (Å²) < 4.78 is 19.4. The van der Waals surface area contributed by atoms with Crippen LogP contribution in [-0.4, -0.2) is 11.1 Å². The normalized spacial score (nSPS) is 11.0. The molecule has 0 fully saturated rings. The molecule has 2 aromatic heterocycles. The number of amides is 1. The van der Waals surface area contributed by atoms with Gasteiger partial charge >= 0.3 is 0 Å². The number of halogens is 1. The first-order valence-corrected chi connectivity index (χ1v) is 7.05. The number of benzene rings is 1. The van der Waals surface area contributed by atoms with E-state index in [1.807, 2.05) is 0 Å². The highest BCUT2D eigenvalue weighted by Crippen LogP contribution is 2.35. The van der Waals surface area contributed by atoms with Gasteiger partial charge in [0.2, 0.25) is 0 Å². The molecule has 0 aliphatic rings. The summed E-state index contributed by atoms with van der Waals surface area (Å²) >= 11 is 1.16. The number of nitrogen functional groups attached to an aromatic ring is 1. The molecule has 0 radical (unpaired) electrons. The van der Waals surface area contributed by atoms with Gasteiger partial charge in [0.25, 0.3) is 5.91 Å². The molecule has 108 valence electrons. The van der Waals surface area contributed by atoms with E-state index in [0.29, 0.717) is 20.7 Å². The van der Waals surface area contributed by atoms with Crippen LogP contribution in [0.3, 0.4) is 0 Å². The number of anilines is 1. The number of nitrogens with zero attached hydrogens (tertiary/aromatic N) is 1. The van der Waals surface area contributed by atoms with Crippen molar-refractivity contribution in [3.63, 3.8) is 0 Å². The maximum Gasteiger partial charge on any atom is 0.263 e. The van der Waals surface area contributed by atoms with E-state index >= 15 is 0 Å². The summed E-state index contributed by atoms with van der Waals surface area (Å²) in [6.45, 7) is 2.00. The number of nitrogens with one attached hydrogen (secondary N) is 1. The number of fused-ring (bicyclic) bond motifs is 1. The van der Waals surface area contributed by atoms with Crippen molar-refractivity contribution in [2.24, 2.45) is 0 Å². The Morgan fingerprint density at radius 2 is 2.33 bits per heavy atom. The number of hydrogen-bond acceptors (Lipinski definition) is 5. The van der Waals surface area contributed by atoms with Gasteiger partial charge in [-0.05, 0) is 19.1 Å². The van der Waals surface area contributed by atoms with Gasteiger partial charge < -0.3 is 15.6 Å². The second-order valence-electron chi connectivity index (χ2n) is 4.58. The highest BCUT2D eigenvalue weighted by atomic mass is 32.1. The molecule has 21 heavy (non-hydrogen) atoms. The van der Waals surface area contributed by atoms with Crippen molar-refractivity contribution in [1.29, 1.82) is 0 Å². The van der Waals surface area contributed by atoms with Crippen LogP contribution in [0.25, 0.3) is 10.1 Å². The summed E-state index contributed by atoms with van der Waals surface area (Å²) in [7, 11) is 0. The van der Waals surface area contributed by atoms with Gasteiger partial charge in [0.05, 0.1) is 23.3 Å². The van der Waals surface area contributed by atoms with Crippen molar-refractivity contribution in [3.8, 4) is 0 Å². The molecule has 1 aromatic carbocycles. The molecular formula is C14H12FN3O2S. The van der Waals surface area contributed by atoms with E-state index < -0.39 is 5.82 Å². The summed E-state index contributed by atoms with van der Waals surface area (Å²) in [6.07, 6.45) is 0. The maximum atomic E-state index is 13.7. The first-order chi connectivity index (χ1) is 10.1. The molecule has 7 heteroatoms. The molecular weight excluding hydrogens is 293 g/mol. The third kappa shape index (κ3) is 2.47. The van der Waals surface area contributed by atoms with E-state index in [-0.39, 0.29) is 18.1 Å². The summed E-state index contributed by atoms with van der Waals surface area (Å²) in [4.78, 5) is 12.5. The molecule has 3 aromatic rings. The van der Waals surface area contributed by atoms with E-state index in [4.69, 9.17) is 10.3 Å². The molecule has 0 spiro atoms. The summed E-state index contributed by atoms with van der Waals surface area (Å²) in [5.41, 5.74) is 6.79. The van der Waals surface area contributed by atoms with Gasteiger partial charge in [0.15, 0.2) is 5.76 Å². The van der Waals surface area contributed by atoms with Crippen LogP contribution in [0.15, 0.2) is 28.8 Å². The number of hydrogen-bond donors (Lipinski definition) is 2. The third-order valence-electron chi connectivity index (χ3n) is 3.01. The molecule has 3 N–H and O–H groups in total. The van der Waals surface area contributed by atoms with E-state index in [2.05, 4.69) is 10.5 Å². The van der Waals surface area contributed by atoms with Crippen LogP contribution in [-0.2, 0) is 6.54 Å². The molecule has 0 saturated heterocycles. The average Bonchev–Trinajstić information content (AvgIpc) is 3.01. The largest absolute Gasteiger partial charge is 0.397 e. The molecule has 0 bridgehead atoms. The van der Waals surface area contributed by atoms with Crippen LogP contribution in [0, 0.1) is 12.7 Å². The molecule has 0 atom stereocenters. The highest BCUT2D eigenvalue weighted by molar-refractivity contribution is 7.21. The zero-order valence-electron chi connectivity index (χ0n) is 11.1. The minimum absolute atomic E-state index is 0.166. The van der Waals surface area contributed by atoms with Crippen LogP contribution in [0.4, 0.5) is 10.1 Å². The van der Waals surface area contributed by atoms with Crippen LogP contribution in [0.1, 0.15) is 21.1 Å². The van der Waals surface area contributed by atoms with E-state index in [1.165, 1.54) is 6.07 Å². The Balaban J connectivity index is 1.84. The van der Waals surface area contributed by atoms with Crippen molar-refractivity contribution in [2.75, 3.05) is 5.73 Å². The summed E-state index contributed by atoms with van der Waals surface area (Å²) in [6, 6.07) is 6.38. The first kappa shape index (κ1) is 13.6. The van der Waals surface area contributed by atoms with Crippen molar-refractivity contribution in [2.45, 2.75) is 13.5 Å². The lowest BCUT2D eigenvalue weighted by atomic mass is 10.2. The molecule has 5 nitrogen and oxygen atoms in total. The second kappa shape index (κ2) is 5.17. The fourth-order valence-corrected chi connectivity index (χ4v) is 3.10. The van der Waals surface area contributed by atoms with Gasteiger partial charge in [-0.15, -0.1) is 11.3 Å². The minimum Gasteiger partial charge on any atom is -0.397 e. The van der Waals surface area contributed by atoms with Crippen LogP contribution < -0.4 is 11.1 Å². The van der Waals surface area contributed by atoms with Gasteiger partial charge in [-0.2, -0.15) is 0 Å². The summed E-state index contributed by atoms with van der Waals surface area (Å²) in [5, 5.41) is 6.71. The van der Waals surface area contributed by atoms with Gasteiger partial charge in [-0.1, -0.05) is 11.2 Å². The van der Waals surface area contributed by atoms with Crippen LogP contribution in [0.2, 0.25) is 0 Å². The number of nitrogens with two attached hydrogens (primary N) is 1. The first-order valence-electron chi connectivity index (χ1n) is 6.23. The van der Waals surface area contributed by atoms with Crippen molar-refractivity contribution < 1.29 is 13.7 Å². The topological polar surface area (TPSA) is 81.2 Å². The zero-order chi connectivity index (χ0) is 15.0. The Kier molecular flexibility index (Phi) is 3.34. The minimum atomic E-state index is -0.425. The molecule has 0 saturated carbocycles. The second-order valence-corrected chi connectivity index (χ2v) is 5.63. The lowest BCUT2D eigenvalue weighted by Crippen LogP contribution is -2.22. The maximum absolute atomic E-state index is 13.7. The fourth-order valence-electron chi connectivity index (χ4n) is 2.05. The van der Waals surface area contributed by atoms with E-state index in [1.54, 1.807) is 25.1 Å². The molecule has 1 amide bonds. The van der Waals surface area contributed by atoms with Gasteiger partial charge in [0.1, 0.15) is 10.7 Å². The number of aryl methyl sites for hydroxylation is 1. The zero-order valence-corrected chi connectivity index (χ0v) is 12.0. The lowest BCUT2D eigenvalue weighted by Gasteiger charge is -2.01. The van der Waals surface area contributed by atoms with Gasteiger partial charge in [-0.25, -0.2) is 4.39 Å². The lowest BCUT2D eigenvalue weighted by molar-refractivity contribution is 0.0952. The monoisotopic (exact) mass is 305 g/mol. The Labute approximate surface area is 123 Å². The van der Waals surface area contributed by atoms with Gasteiger partial charge in [-0.3, -0.25) is 4.79 Å². The van der Waals surface area contributed by atoms with Crippen LogP contribution >= 0.6 is 11.3 Å². The third-order valence-corrected chi connectivity index (χ3v) is 4.18. The predicted octanol–water partition coefficient (Wildman–Crippen LogP) is 2.85. The molecule has 0 unspecified atom stereocenters. The Hall–Kier alpha value is -2.41. The Bertz CT molecular complexity index is 825. The molecule has 0 aliphatic heterocycles. The standard InChI is InChI=1S/C14H12FN3O2S/c1-7-5-8(20-18-7)6-17-14(19)13-12(16)11-9(15)3-2-4-10(11)21-13/h2-5H,6,16H2,1H3,(H,17,19). The average molecular weight is 305 g/mol. The number of carbonyl (C=O) groups excluding carboxylic acids is 1. The Morgan fingerprint density at radius 3 is 3.00 bits per heavy atom. The van der Waals surface area contributed by atoms with E-state index in [0.717, 1.165) is 17.0 Å². The highest BCUT2D eigenvalue weighted by Gasteiger charge is 2.18. The fraction of sp³-hybridized carbons (Fsp3) is 0.143. The SMILES string of the molecule is Cc1cc(CNC(=O)c2sc3cccc(F)c3c2N)on1. The quantitative estimate of drug-likeness (QED) is 0.779. The molecule has 2 heterocycles. The van der Waals surface area contributed by atoms with Crippen molar-refractivity contribution in [3.05, 3.63) is 46.4 Å².